The van der Waals surface area contributed by atoms with Gasteiger partial charge in [-0.1, -0.05) is 36.4 Å². The zero-order chi connectivity index (χ0) is 19.1. The Hall–Kier alpha value is -3.34. The molecule has 0 atom stereocenters. The minimum Gasteiger partial charge on any atom is -0.496 e. The number of para-hydroxylation sites is 2. The van der Waals surface area contributed by atoms with Crippen molar-refractivity contribution >= 4 is 17.3 Å². The van der Waals surface area contributed by atoms with Crippen LogP contribution in [0.15, 0.2) is 73.1 Å². The smallest absolute Gasteiger partial charge is 0.259 e. The molecule has 1 aromatic heterocycles. The molecule has 1 heterocycles. The average molecular weight is 361 g/mol. The van der Waals surface area contributed by atoms with Crippen LogP contribution in [0.25, 0.3) is 0 Å². The normalized spacial score (nSPS) is 10.3. The number of benzene rings is 2. The molecule has 0 aliphatic heterocycles. The van der Waals surface area contributed by atoms with Crippen molar-refractivity contribution in [3.63, 3.8) is 0 Å². The van der Waals surface area contributed by atoms with Crippen molar-refractivity contribution in [2.24, 2.45) is 0 Å². The van der Waals surface area contributed by atoms with Crippen molar-refractivity contribution in [1.29, 1.82) is 0 Å². The lowest BCUT2D eigenvalue weighted by atomic mass is 10.2. The molecule has 0 saturated carbocycles. The van der Waals surface area contributed by atoms with Gasteiger partial charge in [0.1, 0.15) is 5.75 Å². The number of pyridine rings is 1. The summed E-state index contributed by atoms with van der Waals surface area (Å²) in [5.74, 6) is 0.753. The van der Waals surface area contributed by atoms with Gasteiger partial charge in [0.2, 0.25) is 0 Å². The number of carbonyl (C=O) groups is 1. The number of hydrogen-bond donors (Lipinski definition) is 1. The van der Waals surface area contributed by atoms with E-state index in [1.165, 1.54) is 0 Å². The molecule has 5 nitrogen and oxygen atoms in total. The van der Waals surface area contributed by atoms with Crippen LogP contribution in [0, 0.1) is 0 Å². The molecule has 0 aliphatic carbocycles. The number of nitrogens with one attached hydrogen (secondary N) is 1. The number of anilines is 2. The highest BCUT2D eigenvalue weighted by Gasteiger charge is 2.16. The number of aromatic nitrogens is 1. The molecule has 0 aliphatic rings. The quantitative estimate of drug-likeness (QED) is 0.679. The number of ether oxygens (including phenoxy) is 1. The summed E-state index contributed by atoms with van der Waals surface area (Å²) in [6, 6.07) is 19.3. The summed E-state index contributed by atoms with van der Waals surface area (Å²) < 4.78 is 5.37. The summed E-state index contributed by atoms with van der Waals surface area (Å²) in [5, 5.41) is 3.31. The topological polar surface area (TPSA) is 54.5 Å². The third-order valence-electron chi connectivity index (χ3n) is 4.29. The fourth-order valence-electron chi connectivity index (χ4n) is 2.91. The van der Waals surface area contributed by atoms with Gasteiger partial charge < -0.3 is 15.0 Å². The molecule has 1 amide bonds. The number of amides is 1. The van der Waals surface area contributed by atoms with Crippen molar-refractivity contribution in [2.45, 2.75) is 13.5 Å². The van der Waals surface area contributed by atoms with E-state index in [0.29, 0.717) is 18.7 Å². The van der Waals surface area contributed by atoms with E-state index >= 15 is 0 Å². The van der Waals surface area contributed by atoms with Crippen molar-refractivity contribution in [2.75, 3.05) is 23.9 Å². The molecule has 27 heavy (non-hydrogen) atoms. The molecular formula is C22H23N3O2. The number of nitrogens with zero attached hydrogens (tertiary/aromatic N) is 2. The third-order valence-corrected chi connectivity index (χ3v) is 4.29. The second-order valence-electron chi connectivity index (χ2n) is 6.01. The average Bonchev–Trinajstić information content (AvgIpc) is 2.74. The first-order valence-corrected chi connectivity index (χ1v) is 8.90. The van der Waals surface area contributed by atoms with Crippen LogP contribution in [0.5, 0.6) is 5.75 Å². The molecule has 2 aromatic carbocycles. The molecule has 138 valence electrons. The predicted molar refractivity (Wildman–Crippen MR) is 108 cm³/mol. The Morgan fingerprint density at radius 1 is 1.07 bits per heavy atom. The van der Waals surface area contributed by atoms with E-state index in [9.17, 15) is 4.79 Å². The largest absolute Gasteiger partial charge is 0.496 e. The van der Waals surface area contributed by atoms with Crippen LogP contribution in [0.3, 0.4) is 0 Å². The molecule has 5 heteroatoms. The van der Waals surface area contributed by atoms with Crippen LogP contribution in [0.2, 0.25) is 0 Å². The van der Waals surface area contributed by atoms with Gasteiger partial charge in [0.15, 0.2) is 0 Å². The lowest BCUT2D eigenvalue weighted by molar-refractivity contribution is 0.0988. The summed E-state index contributed by atoms with van der Waals surface area (Å²) in [4.78, 5) is 18.9. The van der Waals surface area contributed by atoms with Gasteiger partial charge in [0, 0.05) is 36.7 Å². The maximum absolute atomic E-state index is 12.9. The van der Waals surface area contributed by atoms with E-state index in [1.54, 1.807) is 24.4 Å². The lowest BCUT2D eigenvalue weighted by Crippen LogP contribution is -2.30. The monoisotopic (exact) mass is 361 g/mol. The SMILES string of the molecule is CCN(C(=O)c1cncc(NCc2ccccc2OC)c1)c1ccccc1. The minimum absolute atomic E-state index is 0.0721. The molecular weight excluding hydrogens is 338 g/mol. The summed E-state index contributed by atoms with van der Waals surface area (Å²) in [7, 11) is 1.66. The van der Waals surface area contributed by atoms with Gasteiger partial charge in [-0.15, -0.1) is 0 Å². The zero-order valence-corrected chi connectivity index (χ0v) is 15.6. The van der Waals surface area contributed by atoms with Crippen molar-refractivity contribution < 1.29 is 9.53 Å². The lowest BCUT2D eigenvalue weighted by Gasteiger charge is -2.21. The Kier molecular flexibility index (Phi) is 6.05. The molecule has 0 spiro atoms. The number of methoxy groups -OCH3 is 1. The van der Waals surface area contributed by atoms with Gasteiger partial charge >= 0.3 is 0 Å². The predicted octanol–water partition coefficient (Wildman–Crippen LogP) is 4.37. The first kappa shape index (κ1) is 18.5. The molecule has 0 radical (unpaired) electrons. The van der Waals surface area contributed by atoms with Gasteiger partial charge in [-0.2, -0.15) is 0 Å². The first-order chi connectivity index (χ1) is 13.2. The van der Waals surface area contributed by atoms with Gasteiger partial charge in [-0.25, -0.2) is 0 Å². The molecule has 0 fully saturated rings. The van der Waals surface area contributed by atoms with Gasteiger partial charge in [0.25, 0.3) is 5.91 Å². The second kappa shape index (κ2) is 8.85. The first-order valence-electron chi connectivity index (χ1n) is 8.90. The van der Waals surface area contributed by atoms with E-state index < -0.39 is 0 Å². The zero-order valence-electron chi connectivity index (χ0n) is 15.6. The second-order valence-corrected chi connectivity index (χ2v) is 6.01. The van der Waals surface area contributed by atoms with E-state index in [-0.39, 0.29) is 5.91 Å². The summed E-state index contributed by atoms with van der Waals surface area (Å²) >= 11 is 0. The van der Waals surface area contributed by atoms with E-state index in [0.717, 1.165) is 22.7 Å². The highest BCUT2D eigenvalue weighted by Crippen LogP contribution is 2.20. The van der Waals surface area contributed by atoms with Crippen LogP contribution in [-0.2, 0) is 6.54 Å². The van der Waals surface area contributed by atoms with E-state index in [4.69, 9.17) is 4.74 Å². The Labute approximate surface area is 159 Å². The number of hydrogen-bond acceptors (Lipinski definition) is 4. The van der Waals surface area contributed by atoms with Crippen LogP contribution >= 0.6 is 0 Å². The summed E-state index contributed by atoms with van der Waals surface area (Å²) in [6.07, 6.45) is 3.31. The van der Waals surface area contributed by atoms with Gasteiger partial charge in [-0.3, -0.25) is 9.78 Å². The van der Waals surface area contributed by atoms with Crippen LogP contribution in [-0.4, -0.2) is 24.5 Å². The van der Waals surface area contributed by atoms with E-state index in [1.807, 2.05) is 67.6 Å². The molecule has 3 aromatic rings. The molecule has 3 rings (SSSR count). The van der Waals surface area contributed by atoms with Crippen LogP contribution < -0.4 is 15.0 Å². The van der Waals surface area contributed by atoms with Crippen LogP contribution in [0.4, 0.5) is 11.4 Å². The fourth-order valence-corrected chi connectivity index (χ4v) is 2.91. The summed E-state index contributed by atoms with van der Waals surface area (Å²) in [6.45, 7) is 3.13. The number of carbonyl (C=O) groups excluding carboxylic acids is 1. The van der Waals surface area contributed by atoms with Crippen molar-refractivity contribution in [1.82, 2.24) is 4.98 Å². The van der Waals surface area contributed by atoms with Gasteiger partial charge in [-0.05, 0) is 31.2 Å². The highest BCUT2D eigenvalue weighted by molar-refractivity contribution is 6.06. The fraction of sp³-hybridized carbons (Fsp3) is 0.182. The molecule has 0 saturated heterocycles. The minimum atomic E-state index is -0.0721. The van der Waals surface area contributed by atoms with E-state index in [2.05, 4.69) is 10.3 Å². The Bertz CT molecular complexity index is 897. The highest BCUT2D eigenvalue weighted by atomic mass is 16.5. The van der Waals surface area contributed by atoms with Crippen molar-refractivity contribution in [3.05, 3.63) is 84.2 Å². The summed E-state index contributed by atoms with van der Waals surface area (Å²) in [5.41, 5.74) is 3.25. The Morgan fingerprint density at radius 2 is 1.81 bits per heavy atom. The molecule has 0 unspecified atom stereocenters. The molecule has 1 N–H and O–H groups in total. The Balaban J connectivity index is 1.76. The molecule has 0 bridgehead atoms. The van der Waals surface area contributed by atoms with Crippen LogP contribution in [0.1, 0.15) is 22.8 Å². The Morgan fingerprint density at radius 3 is 2.56 bits per heavy atom. The van der Waals surface area contributed by atoms with Gasteiger partial charge in [0.05, 0.1) is 18.4 Å². The number of rotatable bonds is 7. The standard InChI is InChI=1S/C22H23N3O2/c1-3-25(20-10-5-4-6-11-20)22(26)18-13-19(16-23-14-18)24-15-17-9-7-8-12-21(17)27-2/h4-14,16,24H,3,15H2,1-2H3. The third kappa shape index (κ3) is 4.44. The maximum Gasteiger partial charge on any atom is 0.259 e. The van der Waals surface area contributed by atoms with Crippen molar-refractivity contribution in [3.8, 4) is 5.75 Å². The maximum atomic E-state index is 12.9.